The number of pyridine rings is 1. The number of hydrogen-bond acceptors (Lipinski definition) is 4. The van der Waals surface area contributed by atoms with Gasteiger partial charge in [-0.25, -0.2) is 13.8 Å². The number of methoxy groups -OCH3 is 1. The van der Waals surface area contributed by atoms with Crippen LogP contribution in [0.1, 0.15) is 28.2 Å². The van der Waals surface area contributed by atoms with Gasteiger partial charge in [0.2, 0.25) is 0 Å². The van der Waals surface area contributed by atoms with Crippen LogP contribution in [0.4, 0.5) is 8.78 Å². The topological polar surface area (TPSA) is 63.0 Å². The summed E-state index contributed by atoms with van der Waals surface area (Å²) in [6.07, 6.45) is -2.49. The van der Waals surface area contributed by atoms with E-state index in [1.165, 1.54) is 13.2 Å². The van der Waals surface area contributed by atoms with Crippen molar-refractivity contribution >= 4 is 6.29 Å². The molecule has 0 aliphatic heterocycles. The van der Waals surface area contributed by atoms with Gasteiger partial charge in [0.25, 0.3) is 6.43 Å². The van der Waals surface area contributed by atoms with E-state index in [0.717, 1.165) is 6.07 Å². The molecule has 0 aliphatic rings. The van der Waals surface area contributed by atoms with Crippen molar-refractivity contribution in [1.29, 1.82) is 5.26 Å². The first-order valence-electron chi connectivity index (χ1n) is 3.86. The second-order valence-electron chi connectivity index (χ2n) is 2.54. The smallest absolute Gasteiger partial charge is 0.266 e. The fourth-order valence-electron chi connectivity index (χ4n) is 1.03. The van der Waals surface area contributed by atoms with Crippen LogP contribution in [0, 0.1) is 11.3 Å². The van der Waals surface area contributed by atoms with Crippen molar-refractivity contribution in [2.45, 2.75) is 6.43 Å². The Labute approximate surface area is 84.1 Å². The molecular weight excluding hydrogens is 206 g/mol. The van der Waals surface area contributed by atoms with E-state index < -0.39 is 17.7 Å². The summed E-state index contributed by atoms with van der Waals surface area (Å²) in [6.45, 7) is 0. The summed E-state index contributed by atoms with van der Waals surface area (Å²) in [5.74, 6) is -0.0701. The second-order valence-corrected chi connectivity index (χ2v) is 2.54. The molecule has 0 N–H and O–H groups in total. The zero-order valence-electron chi connectivity index (χ0n) is 7.70. The second kappa shape index (κ2) is 4.46. The molecule has 0 aromatic carbocycles. The number of nitriles is 1. The van der Waals surface area contributed by atoms with Crippen LogP contribution >= 0.6 is 0 Å². The molecule has 78 valence electrons. The van der Waals surface area contributed by atoms with Gasteiger partial charge in [0.05, 0.1) is 12.7 Å². The highest BCUT2D eigenvalue weighted by molar-refractivity contribution is 5.77. The normalized spacial score (nSPS) is 9.80. The molecule has 0 saturated carbocycles. The Hall–Kier alpha value is -2.03. The van der Waals surface area contributed by atoms with E-state index in [1.807, 2.05) is 0 Å². The zero-order valence-corrected chi connectivity index (χ0v) is 7.70. The van der Waals surface area contributed by atoms with Crippen LogP contribution in [0.5, 0.6) is 5.75 Å². The quantitative estimate of drug-likeness (QED) is 0.715. The SMILES string of the molecule is COc1cc(C(F)F)c(C#N)nc1C=O. The van der Waals surface area contributed by atoms with Gasteiger partial charge in [-0.2, -0.15) is 5.26 Å². The molecule has 15 heavy (non-hydrogen) atoms. The molecule has 0 radical (unpaired) electrons. The van der Waals surface area contributed by atoms with Gasteiger partial charge in [-0.15, -0.1) is 0 Å². The third kappa shape index (κ3) is 2.07. The predicted octanol–water partition coefficient (Wildman–Crippen LogP) is 1.71. The monoisotopic (exact) mass is 212 g/mol. The van der Waals surface area contributed by atoms with Gasteiger partial charge in [0.1, 0.15) is 23.2 Å². The van der Waals surface area contributed by atoms with Crippen molar-refractivity contribution in [3.8, 4) is 11.8 Å². The first-order chi connectivity index (χ1) is 7.13. The van der Waals surface area contributed by atoms with Crippen LogP contribution in [0.3, 0.4) is 0 Å². The Bertz CT molecular complexity index is 427. The fraction of sp³-hybridized carbons (Fsp3) is 0.222. The predicted molar refractivity (Wildman–Crippen MR) is 45.8 cm³/mol. The summed E-state index contributed by atoms with van der Waals surface area (Å²) in [6, 6.07) is 2.44. The van der Waals surface area contributed by atoms with Crippen molar-refractivity contribution in [1.82, 2.24) is 4.98 Å². The summed E-state index contributed by atoms with van der Waals surface area (Å²) in [4.78, 5) is 14.0. The van der Waals surface area contributed by atoms with Crippen molar-refractivity contribution in [2.24, 2.45) is 0 Å². The van der Waals surface area contributed by atoms with E-state index >= 15 is 0 Å². The molecule has 0 aliphatic carbocycles. The first-order valence-corrected chi connectivity index (χ1v) is 3.86. The van der Waals surface area contributed by atoms with Crippen molar-refractivity contribution in [3.05, 3.63) is 23.0 Å². The van der Waals surface area contributed by atoms with Crippen molar-refractivity contribution < 1.29 is 18.3 Å². The van der Waals surface area contributed by atoms with Crippen LogP contribution in [0.2, 0.25) is 0 Å². The van der Waals surface area contributed by atoms with E-state index in [0.29, 0.717) is 6.29 Å². The average molecular weight is 212 g/mol. The molecule has 0 atom stereocenters. The van der Waals surface area contributed by atoms with E-state index in [2.05, 4.69) is 4.98 Å². The van der Waals surface area contributed by atoms with Gasteiger partial charge >= 0.3 is 0 Å². The lowest BCUT2D eigenvalue weighted by atomic mass is 10.2. The molecule has 0 amide bonds. The van der Waals surface area contributed by atoms with Gasteiger partial charge < -0.3 is 4.74 Å². The number of alkyl halides is 2. The minimum atomic E-state index is -2.83. The van der Waals surface area contributed by atoms with Gasteiger partial charge in [0, 0.05) is 0 Å². The number of hydrogen-bond donors (Lipinski definition) is 0. The highest BCUT2D eigenvalue weighted by Gasteiger charge is 2.18. The van der Waals surface area contributed by atoms with Crippen LogP contribution in [-0.2, 0) is 0 Å². The highest BCUT2D eigenvalue weighted by atomic mass is 19.3. The molecule has 0 unspecified atom stereocenters. The standard InChI is InChI=1S/C9H6F2N2O2/c1-15-8-2-5(9(10)11)6(3-12)13-7(8)4-14/h2,4,9H,1H3. The van der Waals surface area contributed by atoms with Crippen LogP contribution in [-0.4, -0.2) is 18.4 Å². The minimum Gasteiger partial charge on any atom is -0.494 e. The molecule has 1 aromatic heterocycles. The molecule has 1 heterocycles. The van der Waals surface area contributed by atoms with E-state index in [9.17, 15) is 13.6 Å². The van der Waals surface area contributed by atoms with Crippen molar-refractivity contribution in [3.63, 3.8) is 0 Å². The summed E-state index contributed by atoms with van der Waals surface area (Å²) in [7, 11) is 1.23. The number of carbonyl (C=O) groups is 1. The third-order valence-electron chi connectivity index (χ3n) is 1.72. The van der Waals surface area contributed by atoms with E-state index in [1.54, 1.807) is 0 Å². The number of rotatable bonds is 3. The Morgan fingerprint density at radius 2 is 2.33 bits per heavy atom. The Kier molecular flexibility index (Phi) is 3.29. The molecule has 1 rings (SSSR count). The van der Waals surface area contributed by atoms with Crippen LogP contribution in [0.25, 0.3) is 0 Å². The number of carbonyl (C=O) groups excluding carboxylic acids is 1. The molecule has 0 saturated heterocycles. The lowest BCUT2D eigenvalue weighted by molar-refractivity contribution is 0.111. The van der Waals surface area contributed by atoms with Crippen molar-refractivity contribution in [2.75, 3.05) is 7.11 Å². The Morgan fingerprint density at radius 3 is 2.73 bits per heavy atom. The average Bonchev–Trinajstić information content (AvgIpc) is 2.26. The van der Waals surface area contributed by atoms with E-state index in [-0.39, 0.29) is 11.4 Å². The molecule has 1 aromatic rings. The zero-order chi connectivity index (χ0) is 11.4. The first kappa shape index (κ1) is 11.0. The van der Waals surface area contributed by atoms with Gasteiger partial charge in [-0.05, 0) is 6.07 Å². The number of ether oxygens (including phenoxy) is 1. The van der Waals surface area contributed by atoms with Crippen LogP contribution in [0.15, 0.2) is 6.07 Å². The van der Waals surface area contributed by atoms with Crippen LogP contribution < -0.4 is 4.74 Å². The minimum absolute atomic E-state index is 0.0701. The molecule has 0 fully saturated rings. The Morgan fingerprint density at radius 1 is 1.67 bits per heavy atom. The molecule has 4 nitrogen and oxygen atoms in total. The summed E-state index contributed by atoms with van der Waals surface area (Å²) in [5, 5.41) is 8.55. The number of halogens is 2. The van der Waals surface area contributed by atoms with Gasteiger partial charge in [-0.1, -0.05) is 0 Å². The fourth-order valence-corrected chi connectivity index (χ4v) is 1.03. The molecular formula is C9H6F2N2O2. The Balaban J connectivity index is 3.42. The maximum Gasteiger partial charge on any atom is 0.266 e. The van der Waals surface area contributed by atoms with E-state index in [4.69, 9.17) is 10.00 Å². The lowest BCUT2D eigenvalue weighted by Gasteiger charge is -2.07. The summed E-state index contributed by atoms with van der Waals surface area (Å²) >= 11 is 0. The molecule has 0 spiro atoms. The van der Waals surface area contributed by atoms with Gasteiger partial charge in [-0.3, -0.25) is 4.79 Å². The lowest BCUT2D eigenvalue weighted by Crippen LogP contribution is -2.01. The van der Waals surface area contributed by atoms with Gasteiger partial charge in [0.15, 0.2) is 6.29 Å². The maximum absolute atomic E-state index is 12.4. The maximum atomic E-state index is 12.4. The largest absolute Gasteiger partial charge is 0.494 e. The highest BCUT2D eigenvalue weighted by Crippen LogP contribution is 2.26. The number of nitrogens with zero attached hydrogens (tertiary/aromatic N) is 2. The number of aldehydes is 1. The third-order valence-corrected chi connectivity index (χ3v) is 1.72. The molecule has 6 heteroatoms. The number of aromatic nitrogens is 1. The molecule has 0 bridgehead atoms. The summed E-state index contributed by atoms with van der Waals surface area (Å²) in [5.41, 5.74) is -1.17. The summed E-state index contributed by atoms with van der Waals surface area (Å²) < 4.78 is 29.6.